The largest absolute Gasteiger partial charge is 0.336 e. The number of aryl methyl sites for hydroxylation is 1. The molecule has 140 valence electrons. The Bertz CT molecular complexity index is 954. The first-order valence-electron chi connectivity index (χ1n) is 8.65. The van der Waals surface area contributed by atoms with Gasteiger partial charge in [-0.25, -0.2) is 4.98 Å². The Balaban J connectivity index is 1.53. The van der Waals surface area contributed by atoms with Crippen molar-refractivity contribution in [1.82, 2.24) is 14.5 Å². The number of rotatable bonds is 7. The summed E-state index contributed by atoms with van der Waals surface area (Å²) in [6.07, 6.45) is 4.01. The summed E-state index contributed by atoms with van der Waals surface area (Å²) in [7, 11) is 1.65. The van der Waals surface area contributed by atoms with Crippen molar-refractivity contribution in [1.29, 1.82) is 0 Å². The van der Waals surface area contributed by atoms with Gasteiger partial charge in [0.05, 0.1) is 29.6 Å². The van der Waals surface area contributed by atoms with E-state index in [0.29, 0.717) is 13.0 Å². The third-order valence-corrected chi connectivity index (χ3v) is 5.08. The zero-order valence-electron chi connectivity index (χ0n) is 15.4. The van der Waals surface area contributed by atoms with E-state index in [1.807, 2.05) is 59.4 Å². The molecule has 27 heavy (non-hydrogen) atoms. The molecule has 0 unspecified atom stereocenters. The van der Waals surface area contributed by atoms with Gasteiger partial charge in [-0.15, -0.1) is 11.8 Å². The van der Waals surface area contributed by atoms with Gasteiger partial charge in [0, 0.05) is 24.9 Å². The number of amides is 2. The smallest absolute Gasteiger partial charge is 0.244 e. The van der Waals surface area contributed by atoms with Crippen LogP contribution in [0.5, 0.6) is 0 Å². The van der Waals surface area contributed by atoms with Crippen molar-refractivity contribution < 1.29 is 9.59 Å². The first-order chi connectivity index (χ1) is 13.1. The number of fused-ring (bicyclic) bond motifs is 1. The van der Waals surface area contributed by atoms with Crippen molar-refractivity contribution in [2.45, 2.75) is 17.9 Å². The molecule has 2 aromatic carbocycles. The fourth-order valence-electron chi connectivity index (χ4n) is 2.84. The second-order valence-corrected chi connectivity index (χ2v) is 7.02. The molecule has 0 fully saturated rings. The number of benzene rings is 2. The number of para-hydroxylation sites is 3. The third kappa shape index (κ3) is 4.68. The van der Waals surface area contributed by atoms with Gasteiger partial charge in [0.25, 0.3) is 0 Å². The molecule has 0 aliphatic heterocycles. The predicted octanol–water partition coefficient (Wildman–Crippen LogP) is 3.25. The lowest BCUT2D eigenvalue weighted by Gasteiger charge is -2.17. The van der Waals surface area contributed by atoms with Crippen LogP contribution in [0.2, 0.25) is 0 Å². The van der Waals surface area contributed by atoms with Crippen LogP contribution in [0, 0.1) is 0 Å². The van der Waals surface area contributed by atoms with Gasteiger partial charge < -0.3 is 14.8 Å². The number of thioether (sulfide) groups is 1. The van der Waals surface area contributed by atoms with Gasteiger partial charge in [-0.05, 0) is 30.5 Å². The van der Waals surface area contributed by atoms with Gasteiger partial charge in [0.15, 0.2) is 0 Å². The molecular weight excluding hydrogens is 360 g/mol. The summed E-state index contributed by atoms with van der Waals surface area (Å²) in [6.45, 7) is 0.548. The Morgan fingerprint density at radius 2 is 1.89 bits per heavy atom. The van der Waals surface area contributed by atoms with E-state index in [1.165, 1.54) is 4.90 Å². The molecule has 0 saturated heterocycles. The number of hydrogen-bond donors (Lipinski definition) is 1. The Kier molecular flexibility index (Phi) is 6.13. The first kappa shape index (κ1) is 19.0. The van der Waals surface area contributed by atoms with E-state index in [-0.39, 0.29) is 18.4 Å². The normalized spacial score (nSPS) is 10.7. The van der Waals surface area contributed by atoms with Gasteiger partial charge in [-0.1, -0.05) is 24.3 Å². The van der Waals surface area contributed by atoms with Crippen LogP contribution in [0.15, 0.2) is 59.8 Å². The van der Waals surface area contributed by atoms with Crippen LogP contribution in [0.4, 0.5) is 5.69 Å². The number of hydrogen-bond acceptors (Lipinski definition) is 4. The molecular formula is C20H22N4O2S. The van der Waals surface area contributed by atoms with Gasteiger partial charge in [-0.2, -0.15) is 0 Å². The van der Waals surface area contributed by atoms with Gasteiger partial charge in [-0.3, -0.25) is 9.59 Å². The molecule has 0 radical (unpaired) electrons. The maximum absolute atomic E-state index is 12.4. The molecule has 6 nitrogen and oxygen atoms in total. The highest BCUT2D eigenvalue weighted by Crippen LogP contribution is 2.24. The minimum atomic E-state index is -0.208. The average molecular weight is 382 g/mol. The van der Waals surface area contributed by atoms with E-state index >= 15 is 0 Å². The second-order valence-electron chi connectivity index (χ2n) is 6.17. The van der Waals surface area contributed by atoms with Crippen LogP contribution in [0.3, 0.4) is 0 Å². The van der Waals surface area contributed by atoms with Crippen LogP contribution in [0.25, 0.3) is 11.0 Å². The molecule has 0 saturated carbocycles. The van der Waals surface area contributed by atoms with Gasteiger partial charge >= 0.3 is 0 Å². The van der Waals surface area contributed by atoms with Crippen LogP contribution in [0.1, 0.15) is 6.42 Å². The fourth-order valence-corrected chi connectivity index (χ4v) is 3.39. The molecule has 0 aliphatic carbocycles. The molecule has 7 heteroatoms. The third-order valence-electron chi connectivity index (χ3n) is 4.28. The van der Waals surface area contributed by atoms with E-state index < -0.39 is 0 Å². The van der Waals surface area contributed by atoms with Crippen LogP contribution >= 0.6 is 11.8 Å². The maximum atomic E-state index is 12.4. The first-order valence-corrected chi connectivity index (χ1v) is 9.87. The molecule has 1 N–H and O–H groups in total. The summed E-state index contributed by atoms with van der Waals surface area (Å²) in [5.41, 5.74) is 2.67. The van der Waals surface area contributed by atoms with E-state index in [9.17, 15) is 9.59 Å². The number of carbonyl (C=O) groups excluding carboxylic acids is 2. The minimum absolute atomic E-state index is 0.0201. The summed E-state index contributed by atoms with van der Waals surface area (Å²) in [6, 6.07) is 15.4. The van der Waals surface area contributed by atoms with Crippen molar-refractivity contribution >= 4 is 40.3 Å². The SMILES string of the molecule is CSc1ccccc1NC(=O)CN(C)C(=O)CCn1cnc2ccccc21. The molecule has 2 amide bonds. The highest BCUT2D eigenvalue weighted by molar-refractivity contribution is 7.98. The number of imidazole rings is 1. The second kappa shape index (κ2) is 8.73. The minimum Gasteiger partial charge on any atom is -0.336 e. The van der Waals surface area contributed by atoms with E-state index in [0.717, 1.165) is 21.6 Å². The molecule has 0 spiro atoms. The van der Waals surface area contributed by atoms with Crippen molar-refractivity contribution in [2.24, 2.45) is 0 Å². The summed E-state index contributed by atoms with van der Waals surface area (Å²) in [5, 5.41) is 2.87. The van der Waals surface area contributed by atoms with Crippen molar-refractivity contribution in [2.75, 3.05) is 25.2 Å². The molecule has 3 aromatic rings. The van der Waals surface area contributed by atoms with E-state index in [4.69, 9.17) is 0 Å². The quantitative estimate of drug-likeness (QED) is 0.637. The number of anilines is 1. The number of aromatic nitrogens is 2. The molecule has 3 rings (SSSR count). The molecule has 1 heterocycles. The lowest BCUT2D eigenvalue weighted by molar-refractivity contribution is -0.133. The number of likely N-dealkylation sites (N-methyl/N-ethyl adjacent to an activating group) is 1. The monoisotopic (exact) mass is 382 g/mol. The summed E-state index contributed by atoms with van der Waals surface area (Å²) in [5.74, 6) is -0.290. The number of nitrogens with zero attached hydrogens (tertiary/aromatic N) is 3. The van der Waals surface area contributed by atoms with E-state index in [2.05, 4.69) is 10.3 Å². The van der Waals surface area contributed by atoms with Crippen LogP contribution in [-0.2, 0) is 16.1 Å². The summed E-state index contributed by atoms with van der Waals surface area (Å²) < 4.78 is 1.95. The molecule has 0 atom stereocenters. The zero-order valence-corrected chi connectivity index (χ0v) is 16.2. The Morgan fingerprint density at radius 1 is 1.15 bits per heavy atom. The highest BCUT2D eigenvalue weighted by atomic mass is 32.2. The average Bonchev–Trinajstić information content (AvgIpc) is 3.09. The molecule has 0 bridgehead atoms. The fraction of sp³-hybridized carbons (Fsp3) is 0.250. The lowest BCUT2D eigenvalue weighted by atomic mass is 10.3. The predicted molar refractivity (Wildman–Crippen MR) is 109 cm³/mol. The summed E-state index contributed by atoms with van der Waals surface area (Å²) >= 11 is 1.57. The Hall–Kier alpha value is -2.80. The Morgan fingerprint density at radius 3 is 2.70 bits per heavy atom. The zero-order chi connectivity index (χ0) is 19.2. The van der Waals surface area contributed by atoms with Gasteiger partial charge in [0.1, 0.15) is 0 Å². The summed E-state index contributed by atoms with van der Waals surface area (Å²) in [4.78, 5) is 31.4. The van der Waals surface area contributed by atoms with Crippen molar-refractivity contribution in [3.05, 3.63) is 54.9 Å². The van der Waals surface area contributed by atoms with Gasteiger partial charge in [0.2, 0.25) is 11.8 Å². The highest BCUT2D eigenvalue weighted by Gasteiger charge is 2.14. The van der Waals surface area contributed by atoms with Crippen LogP contribution in [-0.4, -0.2) is 46.1 Å². The maximum Gasteiger partial charge on any atom is 0.244 e. The van der Waals surface area contributed by atoms with Crippen LogP contribution < -0.4 is 5.32 Å². The number of nitrogens with one attached hydrogen (secondary N) is 1. The van der Waals surface area contributed by atoms with Crippen molar-refractivity contribution in [3.63, 3.8) is 0 Å². The lowest BCUT2D eigenvalue weighted by Crippen LogP contribution is -2.35. The Labute approximate surface area is 162 Å². The molecule has 1 aromatic heterocycles. The number of carbonyl (C=O) groups is 2. The van der Waals surface area contributed by atoms with Crippen molar-refractivity contribution in [3.8, 4) is 0 Å². The standard InChI is InChI=1S/C20H22N4O2S/c1-23(13-19(25)22-16-8-4-6-10-18(16)27-2)20(26)11-12-24-14-21-15-7-3-5-9-17(15)24/h3-10,14H,11-13H2,1-2H3,(H,22,25). The van der Waals surface area contributed by atoms with E-state index in [1.54, 1.807) is 25.1 Å². The topological polar surface area (TPSA) is 67.2 Å². The molecule has 0 aliphatic rings.